The SMILES string of the molecule is Cc1ccc(C2=NN(C(=O)CNCCO)[C@H](c3ccco3)C2)cc1. The highest BCUT2D eigenvalue weighted by atomic mass is 16.3. The van der Waals surface area contributed by atoms with Crippen LogP contribution < -0.4 is 5.32 Å². The maximum atomic E-state index is 12.5. The monoisotopic (exact) mass is 327 g/mol. The van der Waals surface area contributed by atoms with Crippen molar-refractivity contribution in [2.75, 3.05) is 19.7 Å². The predicted octanol–water partition coefficient (Wildman–Crippen LogP) is 1.85. The van der Waals surface area contributed by atoms with Gasteiger partial charge < -0.3 is 14.8 Å². The highest BCUT2D eigenvalue weighted by Crippen LogP contribution is 2.32. The third kappa shape index (κ3) is 3.55. The van der Waals surface area contributed by atoms with Crippen LogP contribution in [0.3, 0.4) is 0 Å². The lowest BCUT2D eigenvalue weighted by Crippen LogP contribution is -2.36. The molecule has 3 rings (SSSR count). The average molecular weight is 327 g/mol. The van der Waals surface area contributed by atoms with E-state index in [1.807, 2.05) is 43.3 Å². The molecule has 0 saturated heterocycles. The van der Waals surface area contributed by atoms with Crippen LogP contribution >= 0.6 is 0 Å². The van der Waals surface area contributed by atoms with E-state index in [0.29, 0.717) is 13.0 Å². The number of furan rings is 1. The van der Waals surface area contributed by atoms with Crippen molar-refractivity contribution >= 4 is 11.6 Å². The number of carbonyl (C=O) groups is 1. The summed E-state index contributed by atoms with van der Waals surface area (Å²) in [6, 6.07) is 11.5. The summed E-state index contributed by atoms with van der Waals surface area (Å²) >= 11 is 0. The maximum Gasteiger partial charge on any atom is 0.257 e. The fourth-order valence-corrected chi connectivity index (χ4v) is 2.72. The standard InChI is InChI=1S/C18H21N3O3/c1-13-4-6-14(7-5-13)15-11-16(17-3-2-10-24-17)21(20-15)18(23)12-19-8-9-22/h2-7,10,16,19,22H,8-9,11-12H2,1H3/t16-/m0/s1. The molecule has 0 radical (unpaired) electrons. The van der Waals surface area contributed by atoms with Crippen LogP contribution in [0.25, 0.3) is 0 Å². The first-order valence-electron chi connectivity index (χ1n) is 8.00. The number of hydrogen-bond acceptors (Lipinski definition) is 5. The van der Waals surface area contributed by atoms with Crippen molar-refractivity contribution in [3.05, 3.63) is 59.5 Å². The van der Waals surface area contributed by atoms with Crippen LogP contribution in [-0.4, -0.2) is 41.4 Å². The summed E-state index contributed by atoms with van der Waals surface area (Å²) < 4.78 is 5.50. The number of benzene rings is 1. The second-order valence-corrected chi connectivity index (χ2v) is 5.79. The number of rotatable bonds is 6. The molecule has 6 nitrogen and oxygen atoms in total. The lowest BCUT2D eigenvalue weighted by atomic mass is 10.0. The molecule has 1 aromatic heterocycles. The fourth-order valence-electron chi connectivity index (χ4n) is 2.72. The van der Waals surface area contributed by atoms with Crippen molar-refractivity contribution in [1.82, 2.24) is 10.3 Å². The summed E-state index contributed by atoms with van der Waals surface area (Å²) in [5, 5.41) is 17.8. The van der Waals surface area contributed by atoms with Gasteiger partial charge in [-0.2, -0.15) is 5.10 Å². The molecule has 1 aromatic carbocycles. The van der Waals surface area contributed by atoms with Gasteiger partial charge in [0.05, 0.1) is 25.1 Å². The first-order valence-corrected chi connectivity index (χ1v) is 8.00. The molecule has 126 valence electrons. The summed E-state index contributed by atoms with van der Waals surface area (Å²) in [5.41, 5.74) is 3.06. The van der Waals surface area contributed by atoms with Gasteiger partial charge in [-0.25, -0.2) is 5.01 Å². The van der Waals surface area contributed by atoms with E-state index >= 15 is 0 Å². The Morgan fingerprint density at radius 1 is 1.38 bits per heavy atom. The average Bonchev–Trinajstić information content (AvgIpc) is 3.25. The van der Waals surface area contributed by atoms with Crippen molar-refractivity contribution in [2.24, 2.45) is 5.10 Å². The van der Waals surface area contributed by atoms with Gasteiger partial charge in [-0.05, 0) is 24.6 Å². The first-order chi connectivity index (χ1) is 11.7. The molecule has 0 fully saturated rings. The van der Waals surface area contributed by atoms with Crippen LogP contribution in [-0.2, 0) is 4.79 Å². The molecule has 2 aromatic rings. The lowest BCUT2D eigenvalue weighted by Gasteiger charge is -2.19. The quantitative estimate of drug-likeness (QED) is 0.794. The van der Waals surface area contributed by atoms with Gasteiger partial charge in [-0.3, -0.25) is 4.79 Å². The van der Waals surface area contributed by atoms with Crippen molar-refractivity contribution in [3.63, 3.8) is 0 Å². The van der Waals surface area contributed by atoms with Gasteiger partial charge in [-0.15, -0.1) is 0 Å². The van der Waals surface area contributed by atoms with Gasteiger partial charge in [0.2, 0.25) is 0 Å². The number of hydrogen-bond donors (Lipinski definition) is 2. The Morgan fingerprint density at radius 3 is 2.83 bits per heavy atom. The molecule has 0 spiro atoms. The molecule has 1 amide bonds. The van der Waals surface area contributed by atoms with Crippen molar-refractivity contribution in [1.29, 1.82) is 0 Å². The smallest absolute Gasteiger partial charge is 0.257 e. The molecule has 0 unspecified atom stereocenters. The van der Waals surface area contributed by atoms with E-state index in [1.165, 1.54) is 10.6 Å². The van der Waals surface area contributed by atoms with Crippen molar-refractivity contribution < 1.29 is 14.3 Å². The van der Waals surface area contributed by atoms with Gasteiger partial charge >= 0.3 is 0 Å². The third-order valence-corrected chi connectivity index (χ3v) is 3.99. The second kappa shape index (κ2) is 7.42. The van der Waals surface area contributed by atoms with E-state index < -0.39 is 0 Å². The normalized spacial score (nSPS) is 17.2. The maximum absolute atomic E-state index is 12.5. The van der Waals surface area contributed by atoms with Gasteiger partial charge in [0, 0.05) is 13.0 Å². The molecular formula is C18H21N3O3. The topological polar surface area (TPSA) is 78.1 Å². The van der Waals surface area contributed by atoms with E-state index in [9.17, 15) is 4.79 Å². The van der Waals surface area contributed by atoms with E-state index in [-0.39, 0.29) is 25.1 Å². The highest BCUT2D eigenvalue weighted by Gasteiger charge is 2.34. The zero-order valence-corrected chi connectivity index (χ0v) is 13.6. The first kappa shape index (κ1) is 16.4. The van der Waals surface area contributed by atoms with E-state index in [0.717, 1.165) is 17.0 Å². The Balaban J connectivity index is 1.82. The number of aryl methyl sites for hydroxylation is 1. The van der Waals surface area contributed by atoms with E-state index in [1.54, 1.807) is 6.26 Å². The molecule has 2 N–H and O–H groups in total. The molecule has 0 bridgehead atoms. The van der Waals surface area contributed by atoms with Crippen LogP contribution in [0.5, 0.6) is 0 Å². The summed E-state index contributed by atoms with van der Waals surface area (Å²) in [5.74, 6) is 0.573. The Hall–Kier alpha value is -2.44. The summed E-state index contributed by atoms with van der Waals surface area (Å²) in [7, 11) is 0. The van der Waals surface area contributed by atoms with Gasteiger partial charge in [-0.1, -0.05) is 29.8 Å². The summed E-state index contributed by atoms with van der Waals surface area (Å²) in [4.78, 5) is 12.5. The molecule has 2 heterocycles. The summed E-state index contributed by atoms with van der Waals surface area (Å²) in [6.45, 7) is 2.53. The number of nitrogens with one attached hydrogen (secondary N) is 1. The number of nitrogens with zero attached hydrogens (tertiary/aromatic N) is 2. The van der Waals surface area contributed by atoms with E-state index in [2.05, 4.69) is 10.4 Å². The van der Waals surface area contributed by atoms with Crippen molar-refractivity contribution in [2.45, 2.75) is 19.4 Å². The zero-order chi connectivity index (χ0) is 16.9. The van der Waals surface area contributed by atoms with Crippen LogP contribution in [0.1, 0.15) is 29.3 Å². The second-order valence-electron chi connectivity index (χ2n) is 5.79. The predicted molar refractivity (Wildman–Crippen MR) is 90.6 cm³/mol. The van der Waals surface area contributed by atoms with Crippen LogP contribution in [0.4, 0.5) is 0 Å². The fraction of sp³-hybridized carbons (Fsp3) is 0.333. The van der Waals surface area contributed by atoms with E-state index in [4.69, 9.17) is 9.52 Å². The Morgan fingerprint density at radius 2 is 2.17 bits per heavy atom. The Bertz CT molecular complexity index is 708. The number of amides is 1. The van der Waals surface area contributed by atoms with Crippen LogP contribution in [0.15, 0.2) is 52.2 Å². The zero-order valence-electron chi connectivity index (χ0n) is 13.6. The number of aliphatic hydroxyl groups is 1. The summed E-state index contributed by atoms with van der Waals surface area (Å²) in [6.07, 6.45) is 2.22. The molecule has 0 saturated carbocycles. The minimum atomic E-state index is -0.236. The minimum Gasteiger partial charge on any atom is -0.467 e. The number of aliphatic hydroxyl groups excluding tert-OH is 1. The lowest BCUT2D eigenvalue weighted by molar-refractivity contribution is -0.132. The molecular weight excluding hydrogens is 306 g/mol. The van der Waals surface area contributed by atoms with Crippen LogP contribution in [0, 0.1) is 6.92 Å². The number of carbonyl (C=O) groups excluding carboxylic acids is 1. The van der Waals surface area contributed by atoms with Gasteiger partial charge in [0.25, 0.3) is 5.91 Å². The molecule has 1 aliphatic heterocycles. The Kier molecular flexibility index (Phi) is 5.08. The molecule has 1 atom stereocenters. The highest BCUT2D eigenvalue weighted by molar-refractivity contribution is 6.03. The molecule has 1 aliphatic rings. The third-order valence-electron chi connectivity index (χ3n) is 3.99. The van der Waals surface area contributed by atoms with Gasteiger partial charge in [0.15, 0.2) is 0 Å². The minimum absolute atomic E-state index is 0.00717. The van der Waals surface area contributed by atoms with Crippen LogP contribution in [0.2, 0.25) is 0 Å². The number of hydrazone groups is 1. The van der Waals surface area contributed by atoms with Crippen molar-refractivity contribution in [3.8, 4) is 0 Å². The molecule has 24 heavy (non-hydrogen) atoms. The van der Waals surface area contributed by atoms with Gasteiger partial charge in [0.1, 0.15) is 11.8 Å². The molecule has 0 aliphatic carbocycles. The Labute approximate surface area is 140 Å². The molecule has 6 heteroatoms. The largest absolute Gasteiger partial charge is 0.467 e.